The molecule has 0 bridgehead atoms. The van der Waals surface area contributed by atoms with Gasteiger partial charge in [-0.1, -0.05) is 57.6 Å². The lowest BCUT2D eigenvalue weighted by molar-refractivity contribution is 0.141. The van der Waals surface area contributed by atoms with E-state index in [1.807, 2.05) is 12.1 Å². The molecule has 1 heteroatoms. The van der Waals surface area contributed by atoms with Crippen molar-refractivity contribution in [3.63, 3.8) is 0 Å². The highest BCUT2D eigenvalue weighted by Gasteiger charge is 2.30. The summed E-state index contributed by atoms with van der Waals surface area (Å²) >= 11 is 0. The van der Waals surface area contributed by atoms with Gasteiger partial charge in [0.05, 0.1) is 0 Å². The maximum absolute atomic E-state index is 13.0. The van der Waals surface area contributed by atoms with Crippen LogP contribution >= 0.6 is 0 Å². The minimum absolute atomic E-state index is 0.118. The molecule has 3 rings (SSSR count). The van der Waals surface area contributed by atoms with Gasteiger partial charge in [0.2, 0.25) is 0 Å². The third kappa shape index (κ3) is 5.07. The molecule has 0 aliphatic heterocycles. The molecule has 0 nitrogen and oxygen atoms in total. The van der Waals surface area contributed by atoms with E-state index in [-0.39, 0.29) is 5.82 Å². The molecule has 2 fully saturated rings. The molecule has 2 aliphatic rings. The van der Waals surface area contributed by atoms with Gasteiger partial charge < -0.3 is 0 Å². The molecule has 0 heterocycles. The summed E-state index contributed by atoms with van der Waals surface area (Å²) in [5.74, 6) is 3.89. The van der Waals surface area contributed by atoms with Crippen LogP contribution in [0.1, 0.15) is 83.1 Å². The largest absolute Gasteiger partial charge is 0.207 e. The average Bonchev–Trinajstić information content (AvgIpc) is 2.63. The summed E-state index contributed by atoms with van der Waals surface area (Å²) < 4.78 is 13.0. The van der Waals surface area contributed by atoms with Crippen molar-refractivity contribution in [2.45, 2.75) is 84.0 Å². The van der Waals surface area contributed by atoms with Gasteiger partial charge in [-0.15, -0.1) is 0 Å². The van der Waals surface area contributed by atoms with Crippen LogP contribution in [0.4, 0.5) is 4.39 Å². The Morgan fingerprint density at radius 2 is 1.25 bits per heavy atom. The summed E-state index contributed by atoms with van der Waals surface area (Å²) in [7, 11) is 0. The summed E-state index contributed by atoms with van der Waals surface area (Å²) in [6, 6.07) is 7.10. The van der Waals surface area contributed by atoms with Crippen molar-refractivity contribution in [1.82, 2.24) is 0 Å². The number of aryl methyl sites for hydroxylation is 1. The Balaban J connectivity index is 1.36. The van der Waals surface area contributed by atoms with Crippen LogP contribution in [0.3, 0.4) is 0 Å². The van der Waals surface area contributed by atoms with E-state index >= 15 is 0 Å². The number of hydrogen-bond acceptors (Lipinski definition) is 0. The van der Waals surface area contributed by atoms with Crippen molar-refractivity contribution in [3.05, 3.63) is 35.6 Å². The molecule has 0 aromatic heterocycles. The Kier molecular flexibility index (Phi) is 6.75. The predicted molar refractivity (Wildman–Crippen MR) is 101 cm³/mol. The fraction of sp³-hybridized carbons (Fsp3) is 0.739. The summed E-state index contributed by atoms with van der Waals surface area (Å²) in [5, 5.41) is 0. The Morgan fingerprint density at radius 1 is 0.750 bits per heavy atom. The van der Waals surface area contributed by atoms with Crippen molar-refractivity contribution in [1.29, 1.82) is 0 Å². The number of hydrogen-bond donors (Lipinski definition) is 0. The second-order valence-corrected chi connectivity index (χ2v) is 8.52. The minimum Gasteiger partial charge on any atom is -0.207 e. The quantitative estimate of drug-likeness (QED) is 0.518. The van der Waals surface area contributed by atoms with E-state index in [4.69, 9.17) is 0 Å². The van der Waals surface area contributed by atoms with Gasteiger partial charge in [0.25, 0.3) is 0 Å². The lowest BCUT2D eigenvalue weighted by Crippen LogP contribution is -2.26. The van der Waals surface area contributed by atoms with E-state index in [0.717, 1.165) is 30.1 Å². The molecule has 0 radical (unpaired) electrons. The fourth-order valence-electron chi connectivity index (χ4n) is 5.33. The smallest absolute Gasteiger partial charge is 0.123 e. The molecule has 24 heavy (non-hydrogen) atoms. The van der Waals surface area contributed by atoms with Crippen LogP contribution in [0.25, 0.3) is 0 Å². The van der Waals surface area contributed by atoms with Crippen molar-refractivity contribution in [2.24, 2.45) is 23.7 Å². The van der Waals surface area contributed by atoms with Crippen molar-refractivity contribution >= 4 is 0 Å². The SMILES string of the molecule is CCC[C@H]1CC[C@H]([C@H]2CC[C@H](CCc3ccc(F)cc3)CC2)CC1. The van der Waals surface area contributed by atoms with Gasteiger partial charge >= 0.3 is 0 Å². The number of halogens is 1. The Hall–Kier alpha value is -0.850. The fourth-order valence-corrected chi connectivity index (χ4v) is 5.33. The summed E-state index contributed by atoms with van der Waals surface area (Å²) in [5.41, 5.74) is 1.30. The molecular formula is C23H35F. The Labute approximate surface area is 148 Å². The van der Waals surface area contributed by atoms with E-state index in [9.17, 15) is 4.39 Å². The van der Waals surface area contributed by atoms with Gasteiger partial charge in [0.15, 0.2) is 0 Å². The maximum atomic E-state index is 13.0. The molecule has 2 saturated carbocycles. The monoisotopic (exact) mass is 330 g/mol. The van der Waals surface area contributed by atoms with E-state index in [0.29, 0.717) is 0 Å². The highest BCUT2D eigenvalue weighted by atomic mass is 19.1. The molecule has 0 unspecified atom stereocenters. The van der Waals surface area contributed by atoms with Crippen molar-refractivity contribution < 1.29 is 4.39 Å². The van der Waals surface area contributed by atoms with Gasteiger partial charge in [0.1, 0.15) is 5.82 Å². The average molecular weight is 331 g/mol. The molecule has 1 aromatic rings. The van der Waals surface area contributed by atoms with Gasteiger partial charge in [-0.3, -0.25) is 0 Å². The number of benzene rings is 1. The molecule has 0 spiro atoms. The summed E-state index contributed by atoms with van der Waals surface area (Å²) in [6.45, 7) is 2.33. The predicted octanol–water partition coefficient (Wildman–Crippen LogP) is 7.17. The topological polar surface area (TPSA) is 0 Å². The molecule has 1 aromatic carbocycles. The van der Waals surface area contributed by atoms with Crippen LogP contribution in [0.15, 0.2) is 24.3 Å². The lowest BCUT2D eigenvalue weighted by atomic mass is 9.68. The van der Waals surface area contributed by atoms with Gasteiger partial charge in [0, 0.05) is 0 Å². The first-order valence-electron chi connectivity index (χ1n) is 10.5. The summed E-state index contributed by atoms with van der Waals surface area (Å²) in [4.78, 5) is 0. The molecule has 2 aliphatic carbocycles. The van der Waals surface area contributed by atoms with E-state index in [1.165, 1.54) is 76.2 Å². The Morgan fingerprint density at radius 3 is 1.75 bits per heavy atom. The minimum atomic E-state index is -0.118. The van der Waals surface area contributed by atoms with Crippen molar-refractivity contribution in [3.8, 4) is 0 Å². The maximum Gasteiger partial charge on any atom is 0.123 e. The van der Waals surface area contributed by atoms with Gasteiger partial charge in [-0.2, -0.15) is 0 Å². The molecule has 0 atom stereocenters. The molecule has 0 amide bonds. The molecular weight excluding hydrogens is 295 g/mol. The molecule has 0 saturated heterocycles. The van der Waals surface area contributed by atoms with Crippen LogP contribution in [-0.4, -0.2) is 0 Å². The van der Waals surface area contributed by atoms with Gasteiger partial charge in [-0.25, -0.2) is 4.39 Å². The van der Waals surface area contributed by atoms with Crippen molar-refractivity contribution in [2.75, 3.05) is 0 Å². The standard InChI is InChI=1S/C23H35F/c1-2-3-18-6-12-21(13-7-18)22-14-8-19(9-15-22)4-5-20-10-16-23(24)17-11-20/h10-11,16-19,21-22H,2-9,12-15H2,1H3/t18-,19-,21-,22-. The van der Waals surface area contributed by atoms with Crippen LogP contribution in [-0.2, 0) is 6.42 Å². The second kappa shape index (κ2) is 9.02. The Bertz CT molecular complexity index is 461. The highest BCUT2D eigenvalue weighted by molar-refractivity contribution is 5.16. The third-order valence-electron chi connectivity index (χ3n) is 6.90. The normalized spacial score (nSPS) is 31.1. The first kappa shape index (κ1) is 18.0. The number of rotatable bonds is 6. The third-order valence-corrected chi connectivity index (χ3v) is 6.90. The molecule has 0 N–H and O–H groups in total. The van der Waals surface area contributed by atoms with Crippen LogP contribution in [0.2, 0.25) is 0 Å². The first-order valence-corrected chi connectivity index (χ1v) is 10.5. The van der Waals surface area contributed by atoms with Crippen LogP contribution in [0, 0.1) is 29.5 Å². The van der Waals surface area contributed by atoms with Crippen LogP contribution in [0.5, 0.6) is 0 Å². The van der Waals surface area contributed by atoms with E-state index < -0.39 is 0 Å². The molecule has 134 valence electrons. The van der Waals surface area contributed by atoms with Crippen LogP contribution < -0.4 is 0 Å². The van der Waals surface area contributed by atoms with E-state index in [2.05, 4.69) is 6.92 Å². The summed E-state index contributed by atoms with van der Waals surface area (Å²) in [6.07, 6.45) is 17.1. The second-order valence-electron chi connectivity index (χ2n) is 8.52. The zero-order chi connectivity index (χ0) is 16.8. The first-order chi connectivity index (χ1) is 11.7. The zero-order valence-corrected chi connectivity index (χ0v) is 15.5. The highest BCUT2D eigenvalue weighted by Crippen LogP contribution is 2.42. The zero-order valence-electron chi connectivity index (χ0n) is 15.5. The van der Waals surface area contributed by atoms with E-state index in [1.54, 1.807) is 12.1 Å². The lowest BCUT2D eigenvalue weighted by Gasteiger charge is -2.38. The van der Waals surface area contributed by atoms with Gasteiger partial charge in [-0.05, 0) is 79.9 Å².